The first-order valence-corrected chi connectivity index (χ1v) is 7.10. The molecule has 0 aliphatic heterocycles. The number of nitrogens with zero attached hydrogens (tertiary/aromatic N) is 1. The molecule has 0 amide bonds. The number of allylic oxidation sites excluding steroid dienone is 2. The molecule has 1 rings (SSSR count). The average Bonchev–Trinajstić information content (AvgIpc) is 2.38. The number of unbranched alkanes of at least 4 members (excludes halogenated alkanes) is 1. The first-order valence-electron chi connectivity index (χ1n) is 7.10. The summed E-state index contributed by atoms with van der Waals surface area (Å²) in [5.41, 5.74) is 0.433. The zero-order valence-corrected chi connectivity index (χ0v) is 12.7. The molecule has 1 atom stereocenters. The smallest absolute Gasteiger partial charge is 0.162 e. The standard InChI is InChI=1S/C16H25NO3/c1-5-10-20-17-9-7-6-8-13-14(18)11-16(3,4)12(2)15(13)19/h5,9,12,19H,1,6-8,10-11H2,2-4H3. The fourth-order valence-electron chi connectivity index (χ4n) is 2.29. The van der Waals surface area contributed by atoms with E-state index in [1.807, 2.05) is 20.8 Å². The van der Waals surface area contributed by atoms with Crippen LogP contribution < -0.4 is 0 Å². The van der Waals surface area contributed by atoms with Gasteiger partial charge in [0, 0.05) is 24.1 Å². The van der Waals surface area contributed by atoms with Crippen LogP contribution in [0.1, 0.15) is 46.5 Å². The Bertz CT molecular complexity index is 421. The molecule has 0 aromatic rings. The lowest BCUT2D eigenvalue weighted by Gasteiger charge is -2.36. The van der Waals surface area contributed by atoms with E-state index in [4.69, 9.17) is 4.84 Å². The Morgan fingerprint density at radius 1 is 1.55 bits per heavy atom. The molecule has 0 aromatic carbocycles. The van der Waals surface area contributed by atoms with E-state index >= 15 is 0 Å². The molecule has 20 heavy (non-hydrogen) atoms. The number of oxime groups is 1. The summed E-state index contributed by atoms with van der Waals surface area (Å²) in [6.45, 7) is 9.94. The number of aliphatic hydroxyl groups is 1. The predicted octanol–water partition coefficient (Wildman–Crippen LogP) is 3.79. The molecule has 4 nitrogen and oxygen atoms in total. The second-order valence-corrected chi connectivity index (χ2v) is 5.94. The van der Waals surface area contributed by atoms with Crippen molar-refractivity contribution in [1.29, 1.82) is 0 Å². The van der Waals surface area contributed by atoms with Crippen LogP contribution in [0.5, 0.6) is 0 Å². The van der Waals surface area contributed by atoms with E-state index in [2.05, 4.69) is 11.7 Å². The van der Waals surface area contributed by atoms with E-state index in [0.29, 0.717) is 25.0 Å². The second-order valence-electron chi connectivity index (χ2n) is 5.94. The number of rotatable bonds is 7. The number of carbonyl (C=O) groups is 1. The highest BCUT2D eigenvalue weighted by molar-refractivity contribution is 5.97. The van der Waals surface area contributed by atoms with E-state index < -0.39 is 0 Å². The average molecular weight is 279 g/mol. The number of Topliss-reactive ketones (excluding diaryl/α,β-unsaturated/α-hetero) is 1. The van der Waals surface area contributed by atoms with Crippen molar-refractivity contribution in [3.05, 3.63) is 24.0 Å². The monoisotopic (exact) mass is 279 g/mol. The zero-order valence-electron chi connectivity index (χ0n) is 12.7. The second kappa shape index (κ2) is 7.27. The van der Waals surface area contributed by atoms with Gasteiger partial charge in [0.25, 0.3) is 0 Å². The summed E-state index contributed by atoms with van der Waals surface area (Å²) in [5.74, 6) is 0.372. The molecule has 4 heteroatoms. The summed E-state index contributed by atoms with van der Waals surface area (Å²) < 4.78 is 0. The van der Waals surface area contributed by atoms with Gasteiger partial charge in [-0.3, -0.25) is 4.79 Å². The van der Waals surface area contributed by atoms with Gasteiger partial charge < -0.3 is 9.94 Å². The molecule has 0 saturated carbocycles. The van der Waals surface area contributed by atoms with Crippen molar-refractivity contribution in [3.8, 4) is 0 Å². The minimum Gasteiger partial charge on any atom is -0.512 e. The van der Waals surface area contributed by atoms with Gasteiger partial charge in [0.1, 0.15) is 12.4 Å². The highest BCUT2D eigenvalue weighted by Gasteiger charge is 2.38. The highest BCUT2D eigenvalue weighted by atomic mass is 16.6. The third-order valence-corrected chi connectivity index (χ3v) is 3.95. The summed E-state index contributed by atoms with van der Waals surface area (Å²) in [7, 11) is 0. The van der Waals surface area contributed by atoms with Crippen LogP contribution in [0.15, 0.2) is 29.1 Å². The van der Waals surface area contributed by atoms with Gasteiger partial charge in [-0.1, -0.05) is 38.6 Å². The molecular weight excluding hydrogens is 254 g/mol. The van der Waals surface area contributed by atoms with Crippen LogP contribution in [0.4, 0.5) is 0 Å². The fraction of sp³-hybridized carbons (Fsp3) is 0.625. The van der Waals surface area contributed by atoms with Crippen LogP contribution in [0.2, 0.25) is 0 Å². The van der Waals surface area contributed by atoms with Crippen molar-refractivity contribution in [1.82, 2.24) is 0 Å². The van der Waals surface area contributed by atoms with Crippen molar-refractivity contribution < 1.29 is 14.7 Å². The van der Waals surface area contributed by atoms with Crippen LogP contribution >= 0.6 is 0 Å². The summed E-state index contributed by atoms with van der Waals surface area (Å²) in [4.78, 5) is 17.0. The van der Waals surface area contributed by atoms with Crippen LogP contribution in [-0.2, 0) is 9.63 Å². The van der Waals surface area contributed by atoms with Gasteiger partial charge >= 0.3 is 0 Å². The molecule has 0 aromatic heterocycles. The minimum atomic E-state index is -0.162. The molecule has 1 aliphatic carbocycles. The minimum absolute atomic E-state index is 0.0276. The van der Waals surface area contributed by atoms with Crippen molar-refractivity contribution in [2.75, 3.05) is 6.61 Å². The van der Waals surface area contributed by atoms with Gasteiger partial charge in [-0.2, -0.15) is 0 Å². The maximum Gasteiger partial charge on any atom is 0.162 e. The van der Waals surface area contributed by atoms with Crippen LogP contribution in [0.25, 0.3) is 0 Å². The third kappa shape index (κ3) is 4.22. The fourth-order valence-corrected chi connectivity index (χ4v) is 2.29. The molecule has 0 bridgehead atoms. The molecule has 0 spiro atoms. The summed E-state index contributed by atoms with van der Waals surface area (Å²) >= 11 is 0. The van der Waals surface area contributed by atoms with Crippen molar-refractivity contribution in [3.63, 3.8) is 0 Å². The quantitative estimate of drug-likeness (QED) is 0.334. The van der Waals surface area contributed by atoms with Crippen LogP contribution in [0, 0.1) is 11.3 Å². The molecule has 1 aliphatic rings. The Kier molecular flexibility index (Phi) is 5.99. The van der Waals surface area contributed by atoms with E-state index in [1.54, 1.807) is 12.3 Å². The normalized spacial score (nSPS) is 22.4. The Morgan fingerprint density at radius 3 is 2.90 bits per heavy atom. The topological polar surface area (TPSA) is 58.9 Å². The summed E-state index contributed by atoms with van der Waals surface area (Å²) in [6.07, 6.45) is 5.91. The van der Waals surface area contributed by atoms with Crippen molar-refractivity contribution in [2.24, 2.45) is 16.5 Å². The van der Waals surface area contributed by atoms with Gasteiger partial charge in [0.05, 0.1) is 0 Å². The Hall–Kier alpha value is -1.58. The molecular formula is C16H25NO3. The molecule has 1 N–H and O–H groups in total. The lowest BCUT2D eigenvalue weighted by atomic mass is 9.69. The van der Waals surface area contributed by atoms with Gasteiger partial charge in [0.15, 0.2) is 5.78 Å². The lowest BCUT2D eigenvalue weighted by molar-refractivity contribution is -0.119. The van der Waals surface area contributed by atoms with Gasteiger partial charge in [-0.25, -0.2) is 0 Å². The largest absolute Gasteiger partial charge is 0.512 e. The number of ketones is 1. The van der Waals surface area contributed by atoms with E-state index in [1.165, 1.54) is 0 Å². The van der Waals surface area contributed by atoms with Crippen molar-refractivity contribution >= 4 is 12.0 Å². The molecule has 112 valence electrons. The van der Waals surface area contributed by atoms with E-state index in [0.717, 1.165) is 12.8 Å². The molecule has 0 fully saturated rings. The zero-order chi connectivity index (χ0) is 15.2. The molecule has 1 unspecified atom stereocenters. The lowest BCUT2D eigenvalue weighted by Crippen LogP contribution is -2.33. The van der Waals surface area contributed by atoms with E-state index in [9.17, 15) is 9.90 Å². The number of carbonyl (C=O) groups excluding carboxylic acids is 1. The molecule has 0 radical (unpaired) electrons. The molecule has 0 saturated heterocycles. The number of hydrogen-bond donors (Lipinski definition) is 1. The van der Waals surface area contributed by atoms with Crippen LogP contribution in [-0.4, -0.2) is 23.7 Å². The van der Waals surface area contributed by atoms with Crippen molar-refractivity contribution in [2.45, 2.75) is 46.5 Å². The third-order valence-electron chi connectivity index (χ3n) is 3.95. The Labute approximate surface area is 121 Å². The van der Waals surface area contributed by atoms with Crippen LogP contribution in [0.3, 0.4) is 0 Å². The molecule has 0 heterocycles. The summed E-state index contributed by atoms with van der Waals surface area (Å²) in [5, 5.41) is 14.0. The number of hydrogen-bond acceptors (Lipinski definition) is 4. The maximum atomic E-state index is 12.1. The Balaban J connectivity index is 2.50. The first kappa shape index (κ1) is 16.5. The van der Waals surface area contributed by atoms with Gasteiger partial charge in [0.2, 0.25) is 0 Å². The summed E-state index contributed by atoms with van der Waals surface area (Å²) in [6, 6.07) is 0. The maximum absolute atomic E-state index is 12.1. The first-order chi connectivity index (χ1) is 9.40. The number of aliphatic hydroxyl groups excluding tert-OH is 1. The van der Waals surface area contributed by atoms with E-state index in [-0.39, 0.29) is 22.9 Å². The highest BCUT2D eigenvalue weighted by Crippen LogP contribution is 2.41. The predicted molar refractivity (Wildman–Crippen MR) is 80.7 cm³/mol. The Morgan fingerprint density at radius 2 is 2.25 bits per heavy atom. The van der Waals surface area contributed by atoms with Gasteiger partial charge in [-0.15, -0.1) is 0 Å². The SMILES string of the molecule is C=CCON=CCCCC1=C(O)C(C)C(C)(C)CC1=O. The van der Waals surface area contributed by atoms with Gasteiger partial charge in [-0.05, 0) is 24.7 Å².